The van der Waals surface area contributed by atoms with Gasteiger partial charge in [0.25, 0.3) is 5.91 Å². The van der Waals surface area contributed by atoms with Crippen LogP contribution < -0.4 is 9.91 Å². The predicted molar refractivity (Wildman–Crippen MR) is 118 cm³/mol. The number of para-hydroxylation sites is 2. The van der Waals surface area contributed by atoms with Crippen molar-refractivity contribution in [2.75, 3.05) is 9.91 Å². The number of anilines is 2. The molecule has 0 N–H and O–H groups in total. The van der Waals surface area contributed by atoms with Gasteiger partial charge in [0.1, 0.15) is 17.7 Å². The molecule has 0 aromatic heterocycles. The molecule has 0 aliphatic carbocycles. The minimum Gasteiger partial charge on any atom is -0.287 e. The molecule has 1 fully saturated rings. The Labute approximate surface area is 183 Å². The Kier molecular flexibility index (Phi) is 4.64. The van der Waals surface area contributed by atoms with Crippen molar-refractivity contribution in [2.45, 2.75) is 6.04 Å². The highest BCUT2D eigenvalue weighted by Crippen LogP contribution is 2.40. The van der Waals surface area contributed by atoms with Crippen molar-refractivity contribution in [1.82, 2.24) is 0 Å². The summed E-state index contributed by atoms with van der Waals surface area (Å²) in [5.41, 5.74) is 1.38. The number of carbonyl (C=O) groups excluding carboxylic acids is 3. The van der Waals surface area contributed by atoms with Gasteiger partial charge in [-0.2, -0.15) is 5.10 Å². The van der Waals surface area contributed by atoms with Gasteiger partial charge in [0.15, 0.2) is 0 Å². The summed E-state index contributed by atoms with van der Waals surface area (Å²) in [4.78, 5) is 41.3. The summed E-state index contributed by atoms with van der Waals surface area (Å²) in [7, 11) is 0. The number of fused-ring (bicyclic) bond motifs is 1. The Bertz CT molecular complexity index is 1230. The number of rotatable bonds is 4. The van der Waals surface area contributed by atoms with E-state index in [2.05, 4.69) is 5.10 Å². The monoisotopic (exact) mass is 429 g/mol. The van der Waals surface area contributed by atoms with Gasteiger partial charge in [0, 0.05) is 5.56 Å². The number of benzene rings is 3. The molecule has 31 heavy (non-hydrogen) atoms. The van der Waals surface area contributed by atoms with Crippen LogP contribution in [-0.2, 0) is 9.59 Å². The lowest BCUT2D eigenvalue weighted by molar-refractivity contribution is -0.121. The molecular formula is C24H16ClN3O3. The molecule has 2 aliphatic rings. The van der Waals surface area contributed by atoms with E-state index in [-0.39, 0.29) is 16.5 Å². The molecule has 7 heteroatoms. The van der Waals surface area contributed by atoms with Crippen molar-refractivity contribution in [1.29, 1.82) is 0 Å². The summed E-state index contributed by atoms with van der Waals surface area (Å²) in [6, 6.07) is 23.3. The van der Waals surface area contributed by atoms with E-state index in [0.29, 0.717) is 16.9 Å². The number of hydrogen-bond donors (Lipinski definition) is 0. The quantitative estimate of drug-likeness (QED) is 0.465. The molecule has 5 rings (SSSR count). The van der Waals surface area contributed by atoms with Crippen molar-refractivity contribution in [3.63, 3.8) is 0 Å². The molecule has 152 valence electrons. The van der Waals surface area contributed by atoms with Crippen LogP contribution in [0.15, 0.2) is 90.0 Å². The SMILES string of the molecule is O=C(C1=NN(c2ccccc2)[C@@H]2C(=O)N(c3ccccc3Cl)C(=O)[C@@H]12)c1ccccc1. The zero-order valence-electron chi connectivity index (χ0n) is 16.2. The van der Waals surface area contributed by atoms with Crippen LogP contribution in [0.3, 0.4) is 0 Å². The van der Waals surface area contributed by atoms with Gasteiger partial charge in [0.2, 0.25) is 11.7 Å². The van der Waals surface area contributed by atoms with Gasteiger partial charge in [-0.25, -0.2) is 4.90 Å². The third-order valence-electron chi connectivity index (χ3n) is 5.43. The lowest BCUT2D eigenvalue weighted by Gasteiger charge is -2.22. The lowest BCUT2D eigenvalue weighted by atomic mass is 9.92. The fourth-order valence-electron chi connectivity index (χ4n) is 4.00. The van der Waals surface area contributed by atoms with E-state index in [1.54, 1.807) is 66.7 Å². The number of imide groups is 1. The molecule has 0 radical (unpaired) electrons. The number of nitrogens with zero attached hydrogens (tertiary/aromatic N) is 3. The summed E-state index contributed by atoms with van der Waals surface area (Å²) < 4.78 is 0. The molecule has 0 saturated carbocycles. The Morgan fingerprint density at radius 3 is 2.10 bits per heavy atom. The van der Waals surface area contributed by atoms with E-state index in [9.17, 15) is 14.4 Å². The molecule has 0 unspecified atom stereocenters. The van der Waals surface area contributed by atoms with Crippen molar-refractivity contribution in [3.8, 4) is 0 Å². The van der Waals surface area contributed by atoms with Crippen molar-refractivity contribution in [2.24, 2.45) is 11.0 Å². The maximum atomic E-state index is 13.5. The average Bonchev–Trinajstić information content (AvgIpc) is 3.32. The fraction of sp³-hybridized carbons (Fsp3) is 0.0833. The Morgan fingerprint density at radius 2 is 1.42 bits per heavy atom. The standard InChI is InChI=1S/C24H16ClN3O3/c25-17-13-7-8-14-18(17)27-23(30)19-20(22(29)15-9-3-1-4-10-15)26-28(21(19)24(27)31)16-11-5-2-6-12-16/h1-14,19,21H/t19-,21-/m0/s1. The van der Waals surface area contributed by atoms with E-state index in [4.69, 9.17) is 11.6 Å². The highest BCUT2D eigenvalue weighted by molar-refractivity contribution is 6.53. The van der Waals surface area contributed by atoms with E-state index < -0.39 is 23.8 Å². The van der Waals surface area contributed by atoms with Crippen molar-refractivity contribution in [3.05, 3.63) is 95.5 Å². The summed E-state index contributed by atoms with van der Waals surface area (Å²) in [6.45, 7) is 0. The summed E-state index contributed by atoms with van der Waals surface area (Å²) in [5, 5.41) is 6.22. The zero-order chi connectivity index (χ0) is 21.5. The Hall–Kier alpha value is -3.77. The third kappa shape index (κ3) is 3.04. The molecule has 6 nitrogen and oxygen atoms in total. The maximum Gasteiger partial charge on any atom is 0.259 e. The number of carbonyl (C=O) groups is 3. The van der Waals surface area contributed by atoms with Crippen LogP contribution in [0.1, 0.15) is 10.4 Å². The molecule has 2 atom stereocenters. The molecule has 3 aromatic rings. The van der Waals surface area contributed by atoms with Crippen LogP contribution >= 0.6 is 11.6 Å². The number of ketones is 1. The Morgan fingerprint density at radius 1 is 0.806 bits per heavy atom. The average molecular weight is 430 g/mol. The first-order chi connectivity index (χ1) is 15.1. The van der Waals surface area contributed by atoms with Gasteiger partial charge in [-0.05, 0) is 24.3 Å². The third-order valence-corrected chi connectivity index (χ3v) is 5.75. The van der Waals surface area contributed by atoms with Gasteiger partial charge in [-0.15, -0.1) is 0 Å². The van der Waals surface area contributed by atoms with Crippen LogP contribution in [-0.4, -0.2) is 29.4 Å². The van der Waals surface area contributed by atoms with Gasteiger partial charge in [-0.1, -0.05) is 72.3 Å². The smallest absolute Gasteiger partial charge is 0.259 e. The van der Waals surface area contributed by atoms with Crippen LogP contribution in [0.5, 0.6) is 0 Å². The molecule has 1 saturated heterocycles. The molecule has 0 spiro atoms. The first-order valence-corrected chi connectivity index (χ1v) is 10.1. The molecule has 2 amide bonds. The Balaban J connectivity index is 1.63. The summed E-state index contributed by atoms with van der Waals surface area (Å²) in [5.74, 6) is -2.37. The zero-order valence-corrected chi connectivity index (χ0v) is 16.9. The van der Waals surface area contributed by atoms with Crippen LogP contribution in [0, 0.1) is 5.92 Å². The van der Waals surface area contributed by atoms with Gasteiger partial charge in [-0.3, -0.25) is 19.4 Å². The van der Waals surface area contributed by atoms with Crippen molar-refractivity contribution >= 4 is 46.3 Å². The number of Topliss-reactive ketones (excluding diaryl/α,β-unsaturated/α-hetero) is 1. The fourth-order valence-corrected chi connectivity index (χ4v) is 4.22. The van der Waals surface area contributed by atoms with Crippen LogP contribution in [0.2, 0.25) is 5.02 Å². The number of amides is 2. The van der Waals surface area contributed by atoms with E-state index in [1.807, 2.05) is 18.2 Å². The second-order valence-electron chi connectivity index (χ2n) is 7.25. The molecule has 2 heterocycles. The van der Waals surface area contributed by atoms with Crippen LogP contribution in [0.25, 0.3) is 0 Å². The molecule has 0 bridgehead atoms. The molecule has 3 aromatic carbocycles. The predicted octanol–water partition coefficient (Wildman–Crippen LogP) is 3.96. The van der Waals surface area contributed by atoms with Gasteiger partial charge >= 0.3 is 0 Å². The summed E-state index contributed by atoms with van der Waals surface area (Å²) in [6.07, 6.45) is 0. The first-order valence-electron chi connectivity index (χ1n) is 9.73. The van der Waals surface area contributed by atoms with E-state index in [1.165, 1.54) is 5.01 Å². The number of halogens is 1. The van der Waals surface area contributed by atoms with Gasteiger partial charge in [0.05, 0.1) is 16.4 Å². The number of hydrazone groups is 1. The van der Waals surface area contributed by atoms with Gasteiger partial charge < -0.3 is 0 Å². The normalized spacial score (nSPS) is 20.1. The molecular weight excluding hydrogens is 414 g/mol. The lowest BCUT2D eigenvalue weighted by Crippen LogP contribution is -2.39. The largest absolute Gasteiger partial charge is 0.287 e. The topological polar surface area (TPSA) is 70.1 Å². The first kappa shape index (κ1) is 19.2. The minimum atomic E-state index is -1.02. The second kappa shape index (κ2) is 7.49. The minimum absolute atomic E-state index is 0.0490. The maximum absolute atomic E-state index is 13.5. The van der Waals surface area contributed by atoms with Crippen molar-refractivity contribution < 1.29 is 14.4 Å². The highest BCUT2D eigenvalue weighted by Gasteiger charge is 2.58. The summed E-state index contributed by atoms with van der Waals surface area (Å²) >= 11 is 6.28. The highest BCUT2D eigenvalue weighted by atomic mass is 35.5. The van der Waals surface area contributed by atoms with E-state index in [0.717, 1.165) is 4.90 Å². The second-order valence-corrected chi connectivity index (χ2v) is 7.65. The molecule has 2 aliphatic heterocycles. The van der Waals surface area contributed by atoms with E-state index >= 15 is 0 Å². The number of hydrogen-bond acceptors (Lipinski definition) is 5. The van der Waals surface area contributed by atoms with Crippen LogP contribution in [0.4, 0.5) is 11.4 Å².